The molecule has 1 amide bonds. The van der Waals surface area contributed by atoms with Crippen molar-refractivity contribution in [2.24, 2.45) is 17.0 Å². The van der Waals surface area contributed by atoms with Gasteiger partial charge in [-0.3, -0.25) is 19.4 Å². The standard InChI is InChI=1S/C25H28FN3O6/c1-14(2)22(31)34-25(13-26)19(11-20(30)33-25)28-23(32)24(15(3)4)12-18(29-35-24)21-17-8-6-5-7-16(17)9-10-27-21/h5-10,14-15,19H,11-13H2,1-4H3,(H,28,32)/t19-,24+,25-/m0/s1. The molecule has 1 fully saturated rings. The average Bonchev–Trinajstić information content (AvgIpc) is 3.41. The Hall–Kier alpha value is -3.56. The number of amides is 1. The third-order valence-corrected chi connectivity index (χ3v) is 6.44. The van der Waals surface area contributed by atoms with E-state index in [1.807, 2.05) is 30.3 Å². The molecule has 186 valence electrons. The second-order valence-corrected chi connectivity index (χ2v) is 9.46. The Morgan fingerprint density at radius 1 is 1.23 bits per heavy atom. The van der Waals surface area contributed by atoms with Crippen LogP contribution < -0.4 is 5.32 Å². The third-order valence-electron chi connectivity index (χ3n) is 6.44. The van der Waals surface area contributed by atoms with Gasteiger partial charge in [-0.2, -0.15) is 0 Å². The van der Waals surface area contributed by atoms with E-state index in [4.69, 9.17) is 14.3 Å². The first-order valence-corrected chi connectivity index (χ1v) is 11.5. The first-order chi connectivity index (χ1) is 16.6. The van der Waals surface area contributed by atoms with Gasteiger partial charge in [-0.1, -0.05) is 57.1 Å². The Morgan fingerprint density at radius 3 is 2.66 bits per heavy atom. The number of oxime groups is 1. The van der Waals surface area contributed by atoms with Crippen LogP contribution in [0.15, 0.2) is 41.7 Å². The molecule has 0 spiro atoms. The molecule has 3 heterocycles. The van der Waals surface area contributed by atoms with Gasteiger partial charge in [0.2, 0.25) is 5.60 Å². The minimum atomic E-state index is -2.23. The second-order valence-electron chi connectivity index (χ2n) is 9.46. The molecule has 10 heteroatoms. The zero-order valence-electron chi connectivity index (χ0n) is 20.0. The van der Waals surface area contributed by atoms with Crippen LogP contribution in [0.5, 0.6) is 0 Å². The van der Waals surface area contributed by atoms with Crippen molar-refractivity contribution in [1.82, 2.24) is 10.3 Å². The largest absolute Gasteiger partial charge is 0.417 e. The summed E-state index contributed by atoms with van der Waals surface area (Å²) in [6, 6.07) is 8.32. The van der Waals surface area contributed by atoms with Gasteiger partial charge < -0.3 is 19.6 Å². The van der Waals surface area contributed by atoms with Gasteiger partial charge in [-0.15, -0.1) is 0 Å². The van der Waals surface area contributed by atoms with Crippen molar-refractivity contribution < 1.29 is 33.1 Å². The highest BCUT2D eigenvalue weighted by Gasteiger charge is 2.57. The van der Waals surface area contributed by atoms with Crippen LogP contribution in [0.25, 0.3) is 10.8 Å². The van der Waals surface area contributed by atoms with Crippen molar-refractivity contribution in [1.29, 1.82) is 0 Å². The lowest BCUT2D eigenvalue weighted by Crippen LogP contribution is -2.60. The number of halogens is 1. The number of hydrogen-bond donors (Lipinski definition) is 1. The van der Waals surface area contributed by atoms with Crippen molar-refractivity contribution in [2.75, 3.05) is 6.67 Å². The topological polar surface area (TPSA) is 116 Å². The Morgan fingerprint density at radius 2 is 1.97 bits per heavy atom. The fourth-order valence-corrected chi connectivity index (χ4v) is 4.22. The van der Waals surface area contributed by atoms with E-state index in [9.17, 15) is 18.8 Å². The molecule has 2 aliphatic rings. The number of fused-ring (bicyclic) bond motifs is 1. The van der Waals surface area contributed by atoms with E-state index in [-0.39, 0.29) is 18.8 Å². The first-order valence-electron chi connectivity index (χ1n) is 11.5. The number of esters is 2. The predicted molar refractivity (Wildman–Crippen MR) is 124 cm³/mol. The summed E-state index contributed by atoms with van der Waals surface area (Å²) in [5.41, 5.74) is -0.349. The lowest BCUT2D eigenvalue weighted by Gasteiger charge is -2.34. The van der Waals surface area contributed by atoms with E-state index in [0.29, 0.717) is 11.4 Å². The van der Waals surface area contributed by atoms with Crippen LogP contribution in [0.3, 0.4) is 0 Å². The van der Waals surface area contributed by atoms with Crippen LogP contribution in [0, 0.1) is 11.8 Å². The maximum absolute atomic E-state index is 14.1. The van der Waals surface area contributed by atoms with Gasteiger partial charge in [0.25, 0.3) is 5.91 Å². The van der Waals surface area contributed by atoms with Gasteiger partial charge in [-0.25, -0.2) is 4.39 Å². The Bertz CT molecular complexity index is 1190. The molecule has 0 radical (unpaired) electrons. The maximum atomic E-state index is 14.1. The predicted octanol–water partition coefficient (Wildman–Crippen LogP) is 3.05. The number of ether oxygens (including phenoxy) is 2. The van der Waals surface area contributed by atoms with Crippen molar-refractivity contribution >= 4 is 34.3 Å². The van der Waals surface area contributed by atoms with Crippen LogP contribution in [-0.2, 0) is 28.7 Å². The molecule has 2 aromatic rings. The minimum absolute atomic E-state index is 0.105. The van der Waals surface area contributed by atoms with Crippen LogP contribution >= 0.6 is 0 Å². The van der Waals surface area contributed by atoms with Crippen molar-refractivity contribution in [2.45, 2.75) is 58.0 Å². The molecule has 4 rings (SSSR count). The van der Waals surface area contributed by atoms with Crippen LogP contribution in [0.2, 0.25) is 0 Å². The highest BCUT2D eigenvalue weighted by atomic mass is 19.1. The zero-order valence-corrected chi connectivity index (χ0v) is 20.0. The summed E-state index contributed by atoms with van der Waals surface area (Å²) in [5.74, 6) is -5.32. The zero-order chi connectivity index (χ0) is 25.4. The van der Waals surface area contributed by atoms with Crippen LogP contribution in [-0.4, -0.2) is 52.6 Å². The monoisotopic (exact) mass is 485 g/mol. The van der Waals surface area contributed by atoms with Gasteiger partial charge in [0, 0.05) is 23.9 Å². The summed E-state index contributed by atoms with van der Waals surface area (Å²) in [6.07, 6.45) is 1.41. The molecular weight excluding hydrogens is 457 g/mol. The fourth-order valence-electron chi connectivity index (χ4n) is 4.22. The van der Waals surface area contributed by atoms with Gasteiger partial charge in [0.15, 0.2) is 6.67 Å². The van der Waals surface area contributed by atoms with Crippen molar-refractivity contribution in [3.8, 4) is 0 Å². The fraction of sp³-hybridized carbons (Fsp3) is 0.480. The number of cyclic esters (lactones) is 1. The highest BCUT2D eigenvalue weighted by molar-refractivity contribution is 6.11. The number of aromatic nitrogens is 1. The van der Waals surface area contributed by atoms with Crippen molar-refractivity contribution in [3.05, 3.63) is 42.2 Å². The SMILES string of the molecule is CC(C)C(=O)O[C@]1(CF)OC(=O)C[C@@H]1NC(=O)[C@]1(C(C)C)CC(c2nccc3ccccc23)=NO1. The van der Waals surface area contributed by atoms with Gasteiger partial charge in [0.1, 0.15) is 11.8 Å². The molecular formula is C25H28FN3O6. The summed E-state index contributed by atoms with van der Waals surface area (Å²) in [6.45, 7) is 5.43. The summed E-state index contributed by atoms with van der Waals surface area (Å²) in [7, 11) is 0. The smallest absolute Gasteiger partial charge is 0.311 e. The second kappa shape index (κ2) is 9.24. The van der Waals surface area contributed by atoms with E-state index in [2.05, 4.69) is 15.5 Å². The Labute approximate surface area is 202 Å². The number of hydrogen-bond acceptors (Lipinski definition) is 8. The first kappa shape index (κ1) is 24.6. The summed E-state index contributed by atoms with van der Waals surface area (Å²) < 4.78 is 24.5. The van der Waals surface area contributed by atoms with Gasteiger partial charge >= 0.3 is 17.7 Å². The highest BCUT2D eigenvalue weighted by Crippen LogP contribution is 2.37. The summed E-state index contributed by atoms with van der Waals surface area (Å²) in [4.78, 5) is 48.0. The molecule has 1 saturated heterocycles. The van der Waals surface area contributed by atoms with Crippen LogP contribution in [0.1, 0.15) is 46.2 Å². The molecule has 0 saturated carbocycles. The number of nitrogens with one attached hydrogen (secondary N) is 1. The number of carbonyl (C=O) groups excluding carboxylic acids is 3. The van der Waals surface area contributed by atoms with E-state index < -0.39 is 47.9 Å². The molecule has 1 N–H and O–H groups in total. The van der Waals surface area contributed by atoms with E-state index >= 15 is 0 Å². The normalized spacial score (nSPS) is 26.0. The summed E-state index contributed by atoms with van der Waals surface area (Å²) in [5, 5.41) is 8.68. The lowest BCUT2D eigenvalue weighted by atomic mass is 9.83. The molecule has 35 heavy (non-hydrogen) atoms. The average molecular weight is 486 g/mol. The molecule has 0 bridgehead atoms. The van der Waals surface area contributed by atoms with E-state index in [0.717, 1.165) is 10.8 Å². The molecule has 0 unspecified atom stereocenters. The lowest BCUT2D eigenvalue weighted by molar-refractivity contribution is -0.228. The molecule has 3 atom stereocenters. The quantitative estimate of drug-likeness (QED) is 0.599. The van der Waals surface area contributed by atoms with Gasteiger partial charge in [-0.05, 0) is 11.5 Å². The number of carbonyl (C=O) groups is 3. The molecule has 2 aliphatic heterocycles. The maximum Gasteiger partial charge on any atom is 0.311 e. The number of pyridine rings is 1. The molecule has 9 nitrogen and oxygen atoms in total. The minimum Gasteiger partial charge on any atom is -0.417 e. The molecule has 1 aromatic carbocycles. The van der Waals surface area contributed by atoms with Gasteiger partial charge in [0.05, 0.1) is 18.0 Å². The Kier molecular flexibility index (Phi) is 6.48. The summed E-state index contributed by atoms with van der Waals surface area (Å²) >= 11 is 0. The number of nitrogens with zero attached hydrogens (tertiary/aromatic N) is 2. The molecule has 1 aromatic heterocycles. The number of rotatable bonds is 7. The Balaban J connectivity index is 1.60. The van der Waals surface area contributed by atoms with Crippen molar-refractivity contribution in [3.63, 3.8) is 0 Å². The van der Waals surface area contributed by atoms with Crippen LogP contribution in [0.4, 0.5) is 4.39 Å². The third kappa shape index (κ3) is 4.33. The molecule has 0 aliphatic carbocycles. The van der Waals surface area contributed by atoms with E-state index in [1.165, 1.54) is 0 Å². The number of alkyl halides is 1. The number of benzene rings is 1. The van der Waals surface area contributed by atoms with E-state index in [1.54, 1.807) is 33.9 Å².